The standard InChI is InChI=1S/C18H25N5O7/c1-10(17(29)22-9-16(27)28)23-15(26)8-20-14(25)7-21-18(30)13(19)6-11-2-4-12(24)5-3-11/h2-5,10,13,24H,6-9,19H2,1H3,(H,20,25)(H,21,30)(H,22,29)(H,23,26)(H,27,28). The van der Waals surface area contributed by atoms with Crippen molar-refractivity contribution >= 4 is 29.6 Å². The van der Waals surface area contributed by atoms with Gasteiger partial charge < -0.3 is 37.2 Å². The number of aliphatic carboxylic acids is 1. The Bertz CT molecular complexity index is 782. The van der Waals surface area contributed by atoms with Gasteiger partial charge in [-0.25, -0.2) is 0 Å². The van der Waals surface area contributed by atoms with Crippen molar-refractivity contribution < 1.29 is 34.2 Å². The maximum atomic E-state index is 12.0. The molecule has 12 nitrogen and oxygen atoms in total. The smallest absolute Gasteiger partial charge is 0.322 e. The number of carbonyl (C=O) groups excluding carboxylic acids is 4. The van der Waals surface area contributed by atoms with Crippen LogP contribution in [0.2, 0.25) is 0 Å². The molecule has 0 saturated carbocycles. The van der Waals surface area contributed by atoms with Crippen LogP contribution in [0.15, 0.2) is 24.3 Å². The lowest BCUT2D eigenvalue weighted by atomic mass is 10.1. The number of benzene rings is 1. The van der Waals surface area contributed by atoms with Gasteiger partial charge in [-0.1, -0.05) is 12.1 Å². The van der Waals surface area contributed by atoms with Crippen LogP contribution in [0.4, 0.5) is 0 Å². The zero-order valence-electron chi connectivity index (χ0n) is 16.3. The molecule has 1 aromatic carbocycles. The van der Waals surface area contributed by atoms with Crippen LogP contribution in [0.5, 0.6) is 5.75 Å². The summed E-state index contributed by atoms with van der Waals surface area (Å²) in [6.45, 7) is -0.0637. The van der Waals surface area contributed by atoms with Gasteiger partial charge in [0.25, 0.3) is 0 Å². The number of nitrogens with two attached hydrogens (primary N) is 1. The molecular weight excluding hydrogens is 398 g/mol. The quantitative estimate of drug-likeness (QED) is 0.198. The van der Waals surface area contributed by atoms with E-state index in [-0.39, 0.29) is 12.2 Å². The summed E-state index contributed by atoms with van der Waals surface area (Å²) in [5.74, 6) is -3.69. The molecule has 2 unspecified atom stereocenters. The van der Waals surface area contributed by atoms with E-state index >= 15 is 0 Å². The number of phenolic OH excluding ortho intramolecular Hbond substituents is 1. The number of carboxylic acids is 1. The van der Waals surface area contributed by atoms with Crippen LogP contribution in [-0.4, -0.2) is 71.5 Å². The molecule has 0 aromatic heterocycles. The largest absolute Gasteiger partial charge is 0.508 e. The van der Waals surface area contributed by atoms with E-state index < -0.39 is 61.3 Å². The molecule has 164 valence electrons. The van der Waals surface area contributed by atoms with Crippen LogP contribution < -0.4 is 27.0 Å². The molecule has 30 heavy (non-hydrogen) atoms. The average Bonchev–Trinajstić information content (AvgIpc) is 2.70. The van der Waals surface area contributed by atoms with E-state index in [1.165, 1.54) is 19.1 Å². The zero-order chi connectivity index (χ0) is 22.7. The molecule has 0 aliphatic heterocycles. The Labute approximate surface area is 172 Å². The average molecular weight is 423 g/mol. The highest BCUT2D eigenvalue weighted by Gasteiger charge is 2.18. The van der Waals surface area contributed by atoms with Crippen molar-refractivity contribution in [2.45, 2.75) is 25.4 Å². The number of phenols is 1. The Balaban J connectivity index is 2.29. The second-order valence-corrected chi connectivity index (χ2v) is 6.37. The Morgan fingerprint density at radius 3 is 2.07 bits per heavy atom. The third-order valence-electron chi connectivity index (χ3n) is 3.78. The van der Waals surface area contributed by atoms with Crippen LogP contribution in [0.3, 0.4) is 0 Å². The molecule has 12 heteroatoms. The third kappa shape index (κ3) is 9.50. The normalized spacial score (nSPS) is 12.2. The van der Waals surface area contributed by atoms with E-state index in [4.69, 9.17) is 10.8 Å². The summed E-state index contributed by atoms with van der Waals surface area (Å²) in [6.07, 6.45) is 0.206. The van der Waals surface area contributed by atoms with Gasteiger partial charge in [-0.05, 0) is 31.0 Å². The second kappa shape index (κ2) is 12.0. The number of hydrogen-bond acceptors (Lipinski definition) is 7. The summed E-state index contributed by atoms with van der Waals surface area (Å²) >= 11 is 0. The molecule has 0 radical (unpaired) electrons. The fourth-order valence-corrected chi connectivity index (χ4v) is 2.19. The number of amides is 4. The van der Waals surface area contributed by atoms with E-state index in [0.717, 1.165) is 5.56 Å². The Kier molecular flexibility index (Phi) is 9.76. The fraction of sp³-hybridized carbons (Fsp3) is 0.389. The van der Waals surface area contributed by atoms with E-state index in [0.29, 0.717) is 0 Å². The molecule has 1 rings (SSSR count). The van der Waals surface area contributed by atoms with Crippen molar-refractivity contribution in [3.63, 3.8) is 0 Å². The minimum Gasteiger partial charge on any atom is -0.508 e. The lowest BCUT2D eigenvalue weighted by Crippen LogP contribution is -2.50. The first-order valence-corrected chi connectivity index (χ1v) is 8.95. The van der Waals surface area contributed by atoms with Crippen molar-refractivity contribution in [2.75, 3.05) is 19.6 Å². The molecule has 0 saturated heterocycles. The summed E-state index contributed by atoms with van der Waals surface area (Å²) in [4.78, 5) is 57.4. The van der Waals surface area contributed by atoms with Crippen molar-refractivity contribution in [1.29, 1.82) is 0 Å². The monoisotopic (exact) mass is 423 g/mol. The minimum atomic E-state index is -1.22. The van der Waals surface area contributed by atoms with E-state index in [9.17, 15) is 29.1 Å². The van der Waals surface area contributed by atoms with Gasteiger partial charge in [0.1, 0.15) is 18.3 Å². The maximum absolute atomic E-state index is 12.0. The van der Waals surface area contributed by atoms with Gasteiger partial charge in [0, 0.05) is 0 Å². The number of hydrogen-bond donors (Lipinski definition) is 7. The van der Waals surface area contributed by atoms with Crippen LogP contribution in [0.25, 0.3) is 0 Å². The van der Waals surface area contributed by atoms with E-state index in [1.807, 2.05) is 0 Å². The number of rotatable bonds is 11. The number of carboxylic acid groups (broad SMARTS) is 1. The van der Waals surface area contributed by atoms with Gasteiger partial charge in [-0.2, -0.15) is 0 Å². The predicted octanol–water partition coefficient (Wildman–Crippen LogP) is -2.80. The van der Waals surface area contributed by atoms with Crippen LogP contribution in [0, 0.1) is 0 Å². The van der Waals surface area contributed by atoms with Gasteiger partial charge in [0.15, 0.2) is 0 Å². The first kappa shape index (κ1) is 24.4. The highest BCUT2D eigenvalue weighted by molar-refractivity contribution is 5.92. The number of aromatic hydroxyl groups is 1. The molecule has 0 bridgehead atoms. The molecule has 0 heterocycles. The predicted molar refractivity (Wildman–Crippen MR) is 104 cm³/mol. The Morgan fingerprint density at radius 1 is 0.900 bits per heavy atom. The van der Waals surface area contributed by atoms with Crippen LogP contribution in [0.1, 0.15) is 12.5 Å². The van der Waals surface area contributed by atoms with Crippen LogP contribution in [-0.2, 0) is 30.4 Å². The first-order chi connectivity index (χ1) is 14.1. The topological polar surface area (TPSA) is 200 Å². The van der Waals surface area contributed by atoms with Gasteiger partial charge in [-0.15, -0.1) is 0 Å². The molecular formula is C18H25N5O7. The number of nitrogens with one attached hydrogen (secondary N) is 4. The van der Waals surface area contributed by atoms with Gasteiger partial charge in [-0.3, -0.25) is 24.0 Å². The summed E-state index contributed by atoms with van der Waals surface area (Å²) in [6, 6.07) is 4.28. The van der Waals surface area contributed by atoms with Gasteiger partial charge in [0.05, 0.1) is 19.1 Å². The van der Waals surface area contributed by atoms with E-state index in [2.05, 4.69) is 21.3 Å². The Hall–Kier alpha value is -3.67. The van der Waals surface area contributed by atoms with Crippen molar-refractivity contribution in [2.24, 2.45) is 5.73 Å². The fourth-order valence-electron chi connectivity index (χ4n) is 2.19. The lowest BCUT2D eigenvalue weighted by Gasteiger charge is -2.14. The van der Waals surface area contributed by atoms with Crippen molar-refractivity contribution in [3.8, 4) is 5.75 Å². The Morgan fingerprint density at radius 2 is 1.47 bits per heavy atom. The molecule has 8 N–H and O–H groups in total. The zero-order valence-corrected chi connectivity index (χ0v) is 16.3. The van der Waals surface area contributed by atoms with Gasteiger partial charge >= 0.3 is 5.97 Å². The van der Waals surface area contributed by atoms with Crippen molar-refractivity contribution in [3.05, 3.63) is 29.8 Å². The molecule has 2 atom stereocenters. The molecule has 4 amide bonds. The van der Waals surface area contributed by atoms with Crippen molar-refractivity contribution in [1.82, 2.24) is 21.3 Å². The SMILES string of the molecule is CC(NC(=O)CNC(=O)CNC(=O)C(N)Cc1ccc(O)cc1)C(=O)NCC(=O)O. The highest BCUT2D eigenvalue weighted by Crippen LogP contribution is 2.10. The summed E-state index contributed by atoms with van der Waals surface area (Å²) in [7, 11) is 0. The second-order valence-electron chi connectivity index (χ2n) is 6.37. The highest BCUT2D eigenvalue weighted by atomic mass is 16.4. The molecule has 0 fully saturated rings. The summed E-state index contributed by atoms with van der Waals surface area (Å²) < 4.78 is 0. The third-order valence-corrected chi connectivity index (χ3v) is 3.78. The minimum absolute atomic E-state index is 0.0905. The van der Waals surface area contributed by atoms with Crippen LogP contribution >= 0.6 is 0 Å². The lowest BCUT2D eigenvalue weighted by molar-refractivity contribution is -0.138. The van der Waals surface area contributed by atoms with Gasteiger partial charge in [0.2, 0.25) is 23.6 Å². The molecule has 0 aliphatic carbocycles. The first-order valence-electron chi connectivity index (χ1n) is 8.95. The maximum Gasteiger partial charge on any atom is 0.322 e. The molecule has 0 spiro atoms. The van der Waals surface area contributed by atoms with E-state index in [1.54, 1.807) is 12.1 Å². The molecule has 1 aromatic rings. The number of carbonyl (C=O) groups is 5. The summed E-state index contributed by atoms with van der Waals surface area (Å²) in [5.41, 5.74) is 6.51. The molecule has 0 aliphatic rings. The summed E-state index contributed by atoms with van der Waals surface area (Å²) in [5, 5.41) is 26.7.